The molecule has 4 atom stereocenters. The van der Waals surface area contributed by atoms with Crippen molar-refractivity contribution in [3.63, 3.8) is 0 Å². The first kappa shape index (κ1) is 17.5. The number of rotatable bonds is 2. The van der Waals surface area contributed by atoms with Crippen LogP contribution in [-0.4, -0.2) is 27.8 Å². The molecule has 1 aliphatic carbocycles. The first-order valence-corrected chi connectivity index (χ1v) is 9.58. The third-order valence-electron chi connectivity index (χ3n) is 6.29. The Balaban J connectivity index is 1.80. The minimum absolute atomic E-state index is 0.0246. The number of pyridine rings is 1. The molecule has 2 aliphatic heterocycles. The number of hydrogen-bond donors (Lipinski definition) is 0. The van der Waals surface area contributed by atoms with Gasteiger partial charge < -0.3 is 14.2 Å². The lowest BCUT2D eigenvalue weighted by Gasteiger charge is -2.45. The smallest absolute Gasteiger partial charge is 0.304 e. The third-order valence-corrected chi connectivity index (χ3v) is 6.29. The van der Waals surface area contributed by atoms with Gasteiger partial charge in [-0.05, 0) is 32.9 Å². The Labute approximate surface area is 162 Å². The van der Waals surface area contributed by atoms with Crippen LogP contribution in [0.15, 0.2) is 41.2 Å². The van der Waals surface area contributed by atoms with Crippen LogP contribution < -0.4 is 10.3 Å². The summed E-state index contributed by atoms with van der Waals surface area (Å²) in [7, 11) is 0. The number of hydrogen-bond acceptors (Lipinski definition) is 5. The molecule has 0 spiro atoms. The molecule has 3 aliphatic rings. The Morgan fingerprint density at radius 3 is 2.75 bits per heavy atom. The van der Waals surface area contributed by atoms with Gasteiger partial charge in [-0.3, -0.25) is 14.2 Å². The molecule has 2 aromatic rings. The van der Waals surface area contributed by atoms with E-state index in [9.17, 15) is 9.59 Å². The van der Waals surface area contributed by atoms with E-state index in [1.54, 1.807) is 0 Å². The van der Waals surface area contributed by atoms with Crippen LogP contribution in [0.4, 0.5) is 0 Å². The van der Waals surface area contributed by atoms with E-state index in [1.165, 1.54) is 11.5 Å². The maximum Gasteiger partial charge on any atom is 0.304 e. The zero-order valence-electron chi connectivity index (χ0n) is 16.4. The highest BCUT2D eigenvalue weighted by Crippen LogP contribution is 2.59. The van der Waals surface area contributed by atoms with E-state index in [1.807, 2.05) is 31.2 Å². The van der Waals surface area contributed by atoms with E-state index in [2.05, 4.69) is 26.0 Å². The fourth-order valence-corrected chi connectivity index (χ4v) is 4.82. The molecule has 1 aromatic heterocycles. The van der Waals surface area contributed by atoms with Gasteiger partial charge in [0.05, 0.1) is 17.2 Å². The molecule has 28 heavy (non-hydrogen) atoms. The Bertz CT molecular complexity index is 1100. The maximum absolute atomic E-state index is 13.6. The molecule has 1 aromatic carbocycles. The molecule has 0 N–H and O–H groups in total. The first-order chi connectivity index (χ1) is 13.2. The van der Waals surface area contributed by atoms with Crippen molar-refractivity contribution in [1.82, 2.24) is 4.57 Å². The summed E-state index contributed by atoms with van der Waals surface area (Å²) in [5.74, 6) is 0.118. The van der Waals surface area contributed by atoms with E-state index < -0.39 is 11.6 Å². The van der Waals surface area contributed by atoms with Gasteiger partial charge in [-0.2, -0.15) is 0 Å². The van der Waals surface area contributed by atoms with E-state index in [0.29, 0.717) is 16.8 Å². The van der Waals surface area contributed by atoms with Gasteiger partial charge in [-0.15, -0.1) is 0 Å². The second-order valence-corrected chi connectivity index (χ2v) is 8.60. The van der Waals surface area contributed by atoms with Crippen molar-refractivity contribution in [1.29, 1.82) is 0 Å². The van der Waals surface area contributed by atoms with E-state index >= 15 is 0 Å². The van der Waals surface area contributed by atoms with Gasteiger partial charge in [0.2, 0.25) is 0 Å². The number of esters is 1. The van der Waals surface area contributed by atoms with Crippen molar-refractivity contribution >= 4 is 16.9 Å². The summed E-state index contributed by atoms with van der Waals surface area (Å²) in [6.45, 7) is 7.37. The zero-order chi connectivity index (χ0) is 19.8. The molecule has 0 saturated carbocycles. The van der Waals surface area contributed by atoms with Crippen LogP contribution in [0.2, 0.25) is 0 Å². The average molecular weight is 381 g/mol. The van der Waals surface area contributed by atoms with Crippen LogP contribution in [-0.2, 0) is 21.0 Å². The average Bonchev–Trinajstić information content (AvgIpc) is 3.32. The SMILES string of the molecule is CC(=O)OCn1c(=O)c2c(c3ccccc31)OC(C)(C)[C@H]1C=C[C@@]3(C)O[C@H]3[C@H]21. The number of aromatic nitrogens is 1. The molecule has 0 amide bonds. The number of carbonyl (C=O) groups excluding carboxylic acids is 1. The van der Waals surface area contributed by atoms with Gasteiger partial charge in [-0.1, -0.05) is 24.3 Å². The van der Waals surface area contributed by atoms with E-state index in [-0.39, 0.29) is 35.8 Å². The minimum Gasteiger partial charge on any atom is -0.486 e. The van der Waals surface area contributed by atoms with Crippen LogP contribution in [0.3, 0.4) is 0 Å². The summed E-state index contributed by atoms with van der Waals surface area (Å²) in [6.07, 6.45) is 4.16. The largest absolute Gasteiger partial charge is 0.486 e. The molecule has 5 rings (SSSR count). The molecular weight excluding hydrogens is 358 g/mol. The summed E-state index contributed by atoms with van der Waals surface area (Å²) in [4.78, 5) is 25.0. The Hall–Kier alpha value is -2.60. The summed E-state index contributed by atoms with van der Waals surface area (Å²) < 4.78 is 19.1. The molecule has 1 fully saturated rings. The zero-order valence-corrected chi connectivity index (χ0v) is 16.4. The highest BCUT2D eigenvalue weighted by molar-refractivity contribution is 5.87. The minimum atomic E-state index is -0.473. The second kappa shape index (κ2) is 5.47. The lowest BCUT2D eigenvalue weighted by atomic mass is 9.67. The lowest BCUT2D eigenvalue weighted by molar-refractivity contribution is -0.144. The molecule has 0 unspecified atom stereocenters. The number of nitrogens with zero attached hydrogens (tertiary/aromatic N) is 1. The standard InChI is InChI=1S/C22H23NO5/c1-12(24)26-11-23-15-8-6-5-7-13(15)18-17(20(23)25)16-14(21(2,3)27-18)9-10-22(4)19(16)28-22/h5-10,14,16,19H,11H2,1-4H3/t14-,16-,19-,22+/m0/s1. The molecule has 0 radical (unpaired) electrons. The van der Waals surface area contributed by atoms with E-state index in [4.69, 9.17) is 14.2 Å². The molecular formula is C22H23NO5. The summed E-state index contributed by atoms with van der Waals surface area (Å²) in [5.41, 5.74) is 0.318. The van der Waals surface area contributed by atoms with Crippen molar-refractivity contribution in [2.75, 3.05) is 0 Å². The predicted octanol–water partition coefficient (Wildman–Crippen LogP) is 3.12. The van der Waals surface area contributed by atoms with Crippen LogP contribution >= 0.6 is 0 Å². The second-order valence-electron chi connectivity index (χ2n) is 8.60. The van der Waals surface area contributed by atoms with E-state index in [0.717, 1.165) is 5.39 Å². The van der Waals surface area contributed by atoms with Gasteiger partial charge in [-0.25, -0.2) is 0 Å². The Morgan fingerprint density at radius 1 is 1.25 bits per heavy atom. The Kier molecular flexibility index (Phi) is 3.42. The van der Waals surface area contributed by atoms with Gasteiger partial charge in [0.25, 0.3) is 5.56 Å². The van der Waals surface area contributed by atoms with Crippen molar-refractivity contribution in [2.45, 2.75) is 57.6 Å². The van der Waals surface area contributed by atoms with Crippen molar-refractivity contribution < 1.29 is 19.0 Å². The normalized spacial score (nSPS) is 31.4. The molecule has 1 saturated heterocycles. The molecule has 0 bridgehead atoms. The predicted molar refractivity (Wildman–Crippen MR) is 103 cm³/mol. The van der Waals surface area contributed by atoms with Crippen molar-refractivity contribution in [2.24, 2.45) is 5.92 Å². The summed E-state index contributed by atoms with van der Waals surface area (Å²) in [6, 6.07) is 7.57. The maximum atomic E-state index is 13.6. The summed E-state index contributed by atoms with van der Waals surface area (Å²) >= 11 is 0. The highest BCUT2D eigenvalue weighted by Gasteiger charge is 2.63. The number of carbonyl (C=O) groups is 1. The van der Waals surface area contributed by atoms with Gasteiger partial charge in [0, 0.05) is 24.1 Å². The number of fused-ring (bicyclic) bond motifs is 7. The fourth-order valence-electron chi connectivity index (χ4n) is 4.82. The topological polar surface area (TPSA) is 70.1 Å². The number of benzene rings is 1. The van der Waals surface area contributed by atoms with Crippen LogP contribution in [0.25, 0.3) is 10.9 Å². The molecule has 3 heterocycles. The number of para-hydroxylation sites is 1. The molecule has 146 valence electrons. The van der Waals surface area contributed by atoms with Crippen LogP contribution in [0, 0.1) is 5.92 Å². The van der Waals surface area contributed by atoms with Crippen molar-refractivity contribution in [3.05, 3.63) is 52.3 Å². The van der Waals surface area contributed by atoms with Gasteiger partial charge in [0.15, 0.2) is 6.73 Å². The Morgan fingerprint density at radius 2 is 2.00 bits per heavy atom. The molecule has 6 nitrogen and oxygen atoms in total. The first-order valence-electron chi connectivity index (χ1n) is 9.58. The fraction of sp³-hybridized carbons (Fsp3) is 0.455. The third kappa shape index (κ3) is 2.30. The summed E-state index contributed by atoms with van der Waals surface area (Å²) in [5, 5.41) is 0.840. The van der Waals surface area contributed by atoms with Crippen LogP contribution in [0.5, 0.6) is 5.75 Å². The van der Waals surface area contributed by atoms with Crippen LogP contribution in [0.1, 0.15) is 39.2 Å². The molecule has 6 heteroatoms. The number of ether oxygens (including phenoxy) is 3. The quantitative estimate of drug-likeness (QED) is 0.454. The van der Waals surface area contributed by atoms with Crippen molar-refractivity contribution in [3.8, 4) is 5.75 Å². The lowest BCUT2D eigenvalue weighted by Crippen LogP contribution is -2.49. The number of epoxide rings is 1. The van der Waals surface area contributed by atoms with Gasteiger partial charge in [0.1, 0.15) is 17.0 Å². The highest BCUT2D eigenvalue weighted by atomic mass is 16.6. The van der Waals surface area contributed by atoms with Gasteiger partial charge >= 0.3 is 5.97 Å². The monoisotopic (exact) mass is 381 g/mol.